The molecule has 1 heterocycles. The summed E-state index contributed by atoms with van der Waals surface area (Å²) in [6.07, 6.45) is 0. The van der Waals surface area contributed by atoms with Gasteiger partial charge in [0.05, 0.1) is 17.2 Å². The molecule has 29 heavy (non-hydrogen) atoms. The van der Waals surface area contributed by atoms with Gasteiger partial charge in [-0.2, -0.15) is 5.26 Å². The minimum atomic E-state index is -0.296. The number of hydrogen-bond acceptors (Lipinski definition) is 3. The third-order valence-corrected chi connectivity index (χ3v) is 5.47. The van der Waals surface area contributed by atoms with E-state index in [0.29, 0.717) is 18.7 Å². The van der Waals surface area contributed by atoms with Gasteiger partial charge in [0, 0.05) is 26.2 Å². The van der Waals surface area contributed by atoms with Gasteiger partial charge in [0.2, 0.25) is 5.91 Å². The second kappa shape index (κ2) is 8.62. The van der Waals surface area contributed by atoms with Crippen LogP contribution in [0.2, 0.25) is 0 Å². The van der Waals surface area contributed by atoms with Crippen molar-refractivity contribution in [2.75, 3.05) is 31.1 Å². The molecule has 3 aromatic rings. The van der Waals surface area contributed by atoms with Gasteiger partial charge in [0.15, 0.2) is 0 Å². The first kappa shape index (κ1) is 18.8. The van der Waals surface area contributed by atoms with Crippen LogP contribution in [0.3, 0.4) is 0 Å². The van der Waals surface area contributed by atoms with Crippen LogP contribution in [0.25, 0.3) is 0 Å². The van der Waals surface area contributed by atoms with Gasteiger partial charge in [0.25, 0.3) is 0 Å². The number of hydrogen-bond donors (Lipinski definition) is 0. The van der Waals surface area contributed by atoms with E-state index in [1.54, 1.807) is 0 Å². The zero-order chi connectivity index (χ0) is 20.1. The van der Waals surface area contributed by atoms with Crippen molar-refractivity contribution in [2.45, 2.75) is 5.92 Å². The minimum Gasteiger partial charge on any atom is -0.367 e. The number of carbonyl (C=O) groups is 1. The molecule has 1 fully saturated rings. The normalized spacial score (nSPS) is 13.9. The van der Waals surface area contributed by atoms with Crippen LogP contribution < -0.4 is 4.90 Å². The van der Waals surface area contributed by atoms with Crippen LogP contribution in [0.4, 0.5) is 5.69 Å². The maximum atomic E-state index is 13.5. The van der Waals surface area contributed by atoms with Crippen LogP contribution in [-0.4, -0.2) is 37.0 Å². The second-order valence-electron chi connectivity index (χ2n) is 7.20. The summed E-state index contributed by atoms with van der Waals surface area (Å²) in [5, 5.41) is 9.37. The lowest BCUT2D eigenvalue weighted by molar-refractivity contribution is -0.132. The first-order valence-electron chi connectivity index (χ1n) is 9.90. The van der Waals surface area contributed by atoms with Crippen molar-refractivity contribution in [3.05, 3.63) is 102 Å². The summed E-state index contributed by atoms with van der Waals surface area (Å²) in [5.41, 5.74) is 3.66. The predicted molar refractivity (Wildman–Crippen MR) is 115 cm³/mol. The highest BCUT2D eigenvalue weighted by Crippen LogP contribution is 2.28. The highest BCUT2D eigenvalue weighted by atomic mass is 16.2. The largest absolute Gasteiger partial charge is 0.367 e. The van der Waals surface area contributed by atoms with Crippen LogP contribution in [0.1, 0.15) is 22.6 Å². The zero-order valence-corrected chi connectivity index (χ0v) is 16.2. The molecule has 4 nitrogen and oxygen atoms in total. The van der Waals surface area contributed by atoms with Gasteiger partial charge in [-0.1, -0.05) is 72.8 Å². The summed E-state index contributed by atoms with van der Waals surface area (Å²) in [5.74, 6) is -0.161. The standard InChI is InChI=1S/C25H23N3O/c26-19-22-13-7-8-14-23(22)27-15-17-28(18-16-27)25(29)24(20-9-3-1-4-10-20)21-11-5-2-6-12-21/h1-14,24H,15-18H2. The second-order valence-corrected chi connectivity index (χ2v) is 7.20. The summed E-state index contributed by atoms with van der Waals surface area (Å²) in [6, 6.07) is 29.9. The number of rotatable bonds is 4. The van der Waals surface area contributed by atoms with E-state index in [2.05, 4.69) is 11.0 Å². The Morgan fingerprint density at radius 3 is 1.83 bits per heavy atom. The van der Waals surface area contributed by atoms with Crippen molar-refractivity contribution in [3.63, 3.8) is 0 Å². The van der Waals surface area contributed by atoms with Crippen molar-refractivity contribution in [2.24, 2.45) is 0 Å². The Balaban J connectivity index is 1.54. The average Bonchev–Trinajstić information content (AvgIpc) is 2.81. The molecule has 1 amide bonds. The lowest BCUT2D eigenvalue weighted by atomic mass is 9.90. The molecule has 4 heteroatoms. The van der Waals surface area contributed by atoms with Gasteiger partial charge in [0.1, 0.15) is 6.07 Å². The highest BCUT2D eigenvalue weighted by molar-refractivity contribution is 5.87. The van der Waals surface area contributed by atoms with E-state index in [4.69, 9.17) is 0 Å². The third kappa shape index (κ3) is 4.00. The van der Waals surface area contributed by atoms with E-state index in [0.717, 1.165) is 29.9 Å². The molecule has 144 valence electrons. The van der Waals surface area contributed by atoms with Crippen LogP contribution in [0.15, 0.2) is 84.9 Å². The third-order valence-electron chi connectivity index (χ3n) is 5.47. The average molecular weight is 381 g/mol. The molecular formula is C25H23N3O. The van der Waals surface area contributed by atoms with E-state index in [9.17, 15) is 10.1 Å². The molecule has 3 aromatic carbocycles. The number of amides is 1. The summed E-state index contributed by atoms with van der Waals surface area (Å²) in [4.78, 5) is 17.7. The molecule has 0 aliphatic carbocycles. The molecular weight excluding hydrogens is 358 g/mol. The number of para-hydroxylation sites is 1. The molecule has 0 aromatic heterocycles. The Morgan fingerprint density at radius 2 is 1.28 bits per heavy atom. The van der Waals surface area contributed by atoms with Crippen LogP contribution >= 0.6 is 0 Å². The van der Waals surface area contributed by atoms with Gasteiger partial charge in [-0.15, -0.1) is 0 Å². The number of anilines is 1. The molecule has 0 bridgehead atoms. The molecule has 0 N–H and O–H groups in total. The molecule has 0 saturated carbocycles. The molecule has 0 spiro atoms. The van der Waals surface area contributed by atoms with E-state index < -0.39 is 0 Å². The fraction of sp³-hybridized carbons (Fsp3) is 0.200. The SMILES string of the molecule is N#Cc1ccccc1N1CCN(C(=O)C(c2ccccc2)c2ccccc2)CC1. The van der Waals surface area contributed by atoms with Crippen LogP contribution in [-0.2, 0) is 4.79 Å². The quantitative estimate of drug-likeness (QED) is 0.685. The van der Waals surface area contributed by atoms with Crippen molar-refractivity contribution < 1.29 is 4.79 Å². The van der Waals surface area contributed by atoms with Gasteiger partial charge in [-0.05, 0) is 23.3 Å². The Kier molecular flexibility index (Phi) is 5.58. The maximum Gasteiger partial charge on any atom is 0.234 e. The Labute approximate surface area is 171 Å². The first-order chi connectivity index (χ1) is 14.3. The number of nitriles is 1. The van der Waals surface area contributed by atoms with Gasteiger partial charge in [-0.3, -0.25) is 4.79 Å². The van der Waals surface area contributed by atoms with Crippen molar-refractivity contribution in [1.82, 2.24) is 4.90 Å². The summed E-state index contributed by atoms with van der Waals surface area (Å²) in [6.45, 7) is 2.74. The highest BCUT2D eigenvalue weighted by Gasteiger charge is 2.30. The number of carbonyl (C=O) groups excluding carboxylic acids is 1. The van der Waals surface area contributed by atoms with Crippen LogP contribution in [0.5, 0.6) is 0 Å². The van der Waals surface area contributed by atoms with E-state index in [1.165, 1.54) is 0 Å². The molecule has 1 aliphatic heterocycles. The number of nitrogens with zero attached hydrogens (tertiary/aromatic N) is 3. The summed E-state index contributed by atoms with van der Waals surface area (Å²) in [7, 11) is 0. The molecule has 1 aliphatic rings. The monoisotopic (exact) mass is 381 g/mol. The maximum absolute atomic E-state index is 13.5. The fourth-order valence-electron chi connectivity index (χ4n) is 3.96. The summed E-state index contributed by atoms with van der Waals surface area (Å²) < 4.78 is 0. The topological polar surface area (TPSA) is 47.3 Å². The lowest BCUT2D eigenvalue weighted by Crippen LogP contribution is -2.50. The van der Waals surface area contributed by atoms with Crippen LogP contribution in [0, 0.1) is 11.3 Å². The Morgan fingerprint density at radius 1 is 0.759 bits per heavy atom. The molecule has 0 atom stereocenters. The smallest absolute Gasteiger partial charge is 0.234 e. The Hall–Kier alpha value is -3.58. The fourth-order valence-corrected chi connectivity index (χ4v) is 3.96. The molecule has 1 saturated heterocycles. The van der Waals surface area contributed by atoms with E-state index >= 15 is 0 Å². The summed E-state index contributed by atoms with van der Waals surface area (Å²) >= 11 is 0. The minimum absolute atomic E-state index is 0.135. The van der Waals surface area contributed by atoms with E-state index in [-0.39, 0.29) is 11.8 Å². The van der Waals surface area contributed by atoms with Crippen molar-refractivity contribution in [3.8, 4) is 6.07 Å². The van der Waals surface area contributed by atoms with Gasteiger partial charge < -0.3 is 9.80 Å². The van der Waals surface area contributed by atoms with Gasteiger partial charge >= 0.3 is 0 Å². The Bertz CT molecular complexity index is 963. The van der Waals surface area contributed by atoms with Crippen molar-refractivity contribution in [1.29, 1.82) is 5.26 Å². The van der Waals surface area contributed by atoms with Gasteiger partial charge in [-0.25, -0.2) is 0 Å². The molecule has 4 rings (SSSR count). The first-order valence-corrected chi connectivity index (χ1v) is 9.90. The predicted octanol–water partition coefficient (Wildman–Crippen LogP) is 4.04. The van der Waals surface area contributed by atoms with E-state index in [1.807, 2.05) is 89.8 Å². The van der Waals surface area contributed by atoms with Crippen molar-refractivity contribution >= 4 is 11.6 Å². The number of benzene rings is 3. The number of piperazine rings is 1. The molecule has 0 unspecified atom stereocenters. The molecule has 0 radical (unpaired) electrons. The zero-order valence-electron chi connectivity index (χ0n) is 16.2. The lowest BCUT2D eigenvalue weighted by Gasteiger charge is -2.38.